The van der Waals surface area contributed by atoms with Crippen LogP contribution in [0.2, 0.25) is 0 Å². The SMILES string of the molecule is NC=NCc1ccccc1F. The van der Waals surface area contributed by atoms with Gasteiger partial charge in [-0.15, -0.1) is 0 Å². The largest absolute Gasteiger partial charge is 0.390 e. The number of rotatable bonds is 2. The van der Waals surface area contributed by atoms with Crippen LogP contribution in [0.1, 0.15) is 5.56 Å². The molecule has 0 atom stereocenters. The summed E-state index contributed by atoms with van der Waals surface area (Å²) in [5.74, 6) is -0.238. The van der Waals surface area contributed by atoms with E-state index in [1.807, 2.05) is 0 Å². The van der Waals surface area contributed by atoms with Crippen LogP contribution >= 0.6 is 0 Å². The average molecular weight is 152 g/mol. The zero-order valence-corrected chi connectivity index (χ0v) is 6.00. The van der Waals surface area contributed by atoms with Gasteiger partial charge < -0.3 is 5.73 Å². The molecule has 0 saturated carbocycles. The monoisotopic (exact) mass is 152 g/mol. The molecule has 0 saturated heterocycles. The van der Waals surface area contributed by atoms with E-state index in [4.69, 9.17) is 5.73 Å². The second-order valence-corrected chi connectivity index (χ2v) is 2.08. The molecule has 1 rings (SSSR count). The Labute approximate surface area is 64.6 Å². The van der Waals surface area contributed by atoms with E-state index in [0.29, 0.717) is 12.1 Å². The summed E-state index contributed by atoms with van der Waals surface area (Å²) in [5.41, 5.74) is 5.58. The van der Waals surface area contributed by atoms with Crippen molar-refractivity contribution in [3.8, 4) is 0 Å². The third-order valence-electron chi connectivity index (χ3n) is 1.32. The summed E-state index contributed by atoms with van der Waals surface area (Å²) in [6.45, 7) is 0.309. The van der Waals surface area contributed by atoms with E-state index in [1.54, 1.807) is 18.2 Å². The van der Waals surface area contributed by atoms with Gasteiger partial charge in [-0.2, -0.15) is 0 Å². The van der Waals surface area contributed by atoms with Crippen molar-refractivity contribution < 1.29 is 4.39 Å². The molecule has 0 aliphatic rings. The van der Waals surface area contributed by atoms with Gasteiger partial charge in [0.1, 0.15) is 5.82 Å². The summed E-state index contributed by atoms with van der Waals surface area (Å²) < 4.78 is 12.8. The van der Waals surface area contributed by atoms with E-state index in [9.17, 15) is 4.39 Å². The highest BCUT2D eigenvalue weighted by Crippen LogP contribution is 2.06. The molecule has 0 spiro atoms. The Balaban J connectivity index is 2.77. The molecule has 0 unspecified atom stereocenters. The summed E-state index contributed by atoms with van der Waals surface area (Å²) >= 11 is 0. The van der Waals surface area contributed by atoms with Gasteiger partial charge in [-0.05, 0) is 6.07 Å². The minimum absolute atomic E-state index is 0.238. The number of nitrogens with two attached hydrogens (primary N) is 1. The summed E-state index contributed by atoms with van der Waals surface area (Å²) in [4.78, 5) is 3.72. The molecule has 0 aliphatic heterocycles. The highest BCUT2D eigenvalue weighted by molar-refractivity contribution is 5.51. The van der Waals surface area contributed by atoms with Gasteiger partial charge in [0, 0.05) is 5.56 Å². The predicted molar refractivity (Wildman–Crippen MR) is 42.8 cm³/mol. The molecule has 1 aromatic rings. The number of nitrogens with zero attached hydrogens (tertiary/aromatic N) is 1. The topological polar surface area (TPSA) is 38.4 Å². The Bertz CT molecular complexity index is 258. The minimum Gasteiger partial charge on any atom is -0.390 e. The van der Waals surface area contributed by atoms with Crippen LogP contribution < -0.4 is 5.73 Å². The van der Waals surface area contributed by atoms with E-state index in [0.717, 1.165) is 0 Å². The van der Waals surface area contributed by atoms with Crippen molar-refractivity contribution in [3.63, 3.8) is 0 Å². The van der Waals surface area contributed by atoms with Crippen molar-refractivity contribution in [2.75, 3.05) is 0 Å². The standard InChI is InChI=1S/C8H9FN2/c9-8-4-2-1-3-7(8)5-11-6-10/h1-4,6H,5H2,(H2,10,11). The third-order valence-corrected chi connectivity index (χ3v) is 1.32. The summed E-state index contributed by atoms with van der Waals surface area (Å²) in [7, 11) is 0. The lowest BCUT2D eigenvalue weighted by molar-refractivity contribution is 0.611. The van der Waals surface area contributed by atoms with Gasteiger partial charge >= 0.3 is 0 Å². The summed E-state index contributed by atoms with van der Waals surface area (Å²) in [5, 5.41) is 0. The molecule has 0 heterocycles. The molecular formula is C8H9FN2. The maximum absolute atomic E-state index is 12.8. The minimum atomic E-state index is -0.238. The van der Waals surface area contributed by atoms with Crippen LogP contribution in [0, 0.1) is 5.82 Å². The zero-order valence-electron chi connectivity index (χ0n) is 6.00. The Kier molecular flexibility index (Phi) is 2.60. The van der Waals surface area contributed by atoms with Crippen LogP contribution in [0.5, 0.6) is 0 Å². The van der Waals surface area contributed by atoms with Gasteiger partial charge in [-0.3, -0.25) is 4.99 Å². The maximum atomic E-state index is 12.8. The van der Waals surface area contributed by atoms with E-state index >= 15 is 0 Å². The van der Waals surface area contributed by atoms with Gasteiger partial charge in [-0.25, -0.2) is 4.39 Å². The molecule has 0 aromatic heterocycles. The van der Waals surface area contributed by atoms with Crippen LogP contribution in [-0.2, 0) is 6.54 Å². The van der Waals surface area contributed by atoms with Crippen molar-refractivity contribution in [1.29, 1.82) is 0 Å². The van der Waals surface area contributed by atoms with Gasteiger partial charge in [-0.1, -0.05) is 18.2 Å². The van der Waals surface area contributed by atoms with Crippen molar-refractivity contribution in [2.45, 2.75) is 6.54 Å². The van der Waals surface area contributed by atoms with Gasteiger partial charge in [0.05, 0.1) is 12.9 Å². The lowest BCUT2D eigenvalue weighted by Crippen LogP contribution is -1.92. The normalized spacial score (nSPS) is 10.6. The van der Waals surface area contributed by atoms with Crippen LogP contribution in [-0.4, -0.2) is 6.34 Å². The first kappa shape index (κ1) is 7.72. The number of halogens is 1. The van der Waals surface area contributed by atoms with Gasteiger partial charge in [0.2, 0.25) is 0 Å². The van der Waals surface area contributed by atoms with E-state index < -0.39 is 0 Å². The number of hydrogen-bond acceptors (Lipinski definition) is 1. The second-order valence-electron chi connectivity index (χ2n) is 2.08. The molecular weight excluding hydrogens is 143 g/mol. The van der Waals surface area contributed by atoms with Crippen molar-refractivity contribution in [1.82, 2.24) is 0 Å². The fourth-order valence-electron chi connectivity index (χ4n) is 0.778. The van der Waals surface area contributed by atoms with E-state index in [1.165, 1.54) is 12.4 Å². The van der Waals surface area contributed by atoms with Gasteiger partial charge in [0.15, 0.2) is 0 Å². The van der Waals surface area contributed by atoms with E-state index in [2.05, 4.69) is 4.99 Å². The molecule has 2 N–H and O–H groups in total. The average Bonchev–Trinajstić information content (AvgIpc) is 2.03. The lowest BCUT2D eigenvalue weighted by Gasteiger charge is -1.96. The summed E-state index contributed by atoms with van der Waals surface area (Å²) in [6.07, 6.45) is 1.17. The molecule has 0 aliphatic carbocycles. The fourth-order valence-corrected chi connectivity index (χ4v) is 0.778. The van der Waals surface area contributed by atoms with Crippen LogP contribution in [0.3, 0.4) is 0 Å². The molecule has 0 radical (unpaired) electrons. The van der Waals surface area contributed by atoms with E-state index in [-0.39, 0.29) is 5.82 Å². The summed E-state index contributed by atoms with van der Waals surface area (Å²) in [6, 6.07) is 6.50. The Morgan fingerprint density at radius 1 is 1.45 bits per heavy atom. The van der Waals surface area contributed by atoms with Gasteiger partial charge in [0.25, 0.3) is 0 Å². The smallest absolute Gasteiger partial charge is 0.128 e. The molecule has 11 heavy (non-hydrogen) atoms. The van der Waals surface area contributed by atoms with Crippen molar-refractivity contribution >= 4 is 6.34 Å². The second kappa shape index (κ2) is 3.71. The molecule has 58 valence electrons. The van der Waals surface area contributed by atoms with Crippen LogP contribution in [0.25, 0.3) is 0 Å². The highest BCUT2D eigenvalue weighted by atomic mass is 19.1. The molecule has 2 nitrogen and oxygen atoms in total. The molecule has 1 aromatic carbocycles. The first-order valence-electron chi connectivity index (χ1n) is 3.28. The fraction of sp³-hybridized carbons (Fsp3) is 0.125. The van der Waals surface area contributed by atoms with Crippen molar-refractivity contribution in [2.24, 2.45) is 10.7 Å². The first-order chi connectivity index (χ1) is 5.34. The highest BCUT2D eigenvalue weighted by Gasteiger charge is 1.96. The molecule has 0 fully saturated rings. The zero-order chi connectivity index (χ0) is 8.10. The molecule has 0 bridgehead atoms. The lowest BCUT2D eigenvalue weighted by atomic mass is 10.2. The number of aliphatic imine (C=N–C) groups is 1. The Hall–Kier alpha value is -1.38. The quantitative estimate of drug-likeness (QED) is 0.503. The molecule has 3 heteroatoms. The Morgan fingerprint density at radius 3 is 2.82 bits per heavy atom. The third kappa shape index (κ3) is 2.04. The first-order valence-corrected chi connectivity index (χ1v) is 3.28. The number of benzene rings is 1. The number of hydrogen-bond donors (Lipinski definition) is 1. The predicted octanol–water partition coefficient (Wildman–Crippen LogP) is 1.31. The van der Waals surface area contributed by atoms with Crippen molar-refractivity contribution in [3.05, 3.63) is 35.6 Å². The van der Waals surface area contributed by atoms with Crippen LogP contribution in [0.15, 0.2) is 29.3 Å². The Morgan fingerprint density at radius 2 is 2.18 bits per heavy atom. The molecule has 0 amide bonds. The van der Waals surface area contributed by atoms with Crippen LogP contribution in [0.4, 0.5) is 4.39 Å². The maximum Gasteiger partial charge on any atom is 0.128 e.